The highest BCUT2D eigenvalue weighted by Gasteiger charge is 2.09. The maximum Gasteiger partial charge on any atom is 0.0927 e. The molecule has 0 bridgehead atoms. The van der Waals surface area contributed by atoms with Crippen LogP contribution in [0.2, 0.25) is 0 Å². The van der Waals surface area contributed by atoms with Gasteiger partial charge in [-0.2, -0.15) is 5.26 Å². The first kappa shape index (κ1) is 11.2. The Balaban J connectivity index is 2.03. The summed E-state index contributed by atoms with van der Waals surface area (Å²) in [5, 5.41) is 11.9. The van der Waals surface area contributed by atoms with Crippen LogP contribution in [0.15, 0.2) is 18.2 Å². The van der Waals surface area contributed by atoms with Gasteiger partial charge >= 0.3 is 0 Å². The smallest absolute Gasteiger partial charge is 0.0927 e. The third-order valence-corrected chi connectivity index (χ3v) is 3.22. The Morgan fingerprint density at radius 1 is 1.31 bits per heavy atom. The topological polar surface area (TPSA) is 35.8 Å². The van der Waals surface area contributed by atoms with Gasteiger partial charge in [-0.1, -0.05) is 18.2 Å². The minimum absolute atomic E-state index is 0.0731. The number of nitrogens with zero attached hydrogens (tertiary/aromatic N) is 1. The molecule has 16 heavy (non-hydrogen) atoms. The van der Waals surface area contributed by atoms with Crippen LogP contribution in [0.4, 0.5) is 0 Å². The molecule has 0 spiro atoms. The highest BCUT2D eigenvalue weighted by Crippen LogP contribution is 2.22. The van der Waals surface area contributed by atoms with Gasteiger partial charge in [0.1, 0.15) is 0 Å². The van der Waals surface area contributed by atoms with Gasteiger partial charge in [0.05, 0.1) is 12.1 Å². The lowest BCUT2D eigenvalue weighted by molar-refractivity contribution is 0.638. The van der Waals surface area contributed by atoms with E-state index in [0.717, 1.165) is 6.54 Å². The first-order chi connectivity index (χ1) is 7.79. The zero-order valence-corrected chi connectivity index (χ0v) is 9.79. The van der Waals surface area contributed by atoms with Gasteiger partial charge in [0, 0.05) is 6.54 Å². The largest absolute Gasteiger partial charge is 0.298 e. The van der Waals surface area contributed by atoms with Crippen molar-refractivity contribution in [3.05, 3.63) is 34.9 Å². The van der Waals surface area contributed by atoms with Crippen LogP contribution < -0.4 is 5.32 Å². The summed E-state index contributed by atoms with van der Waals surface area (Å²) < 4.78 is 0. The molecule has 1 unspecified atom stereocenters. The van der Waals surface area contributed by atoms with Crippen molar-refractivity contribution in [1.82, 2.24) is 5.32 Å². The summed E-state index contributed by atoms with van der Waals surface area (Å²) in [6.45, 7) is 2.68. The number of hydrogen-bond acceptors (Lipinski definition) is 2. The molecule has 1 aromatic rings. The van der Waals surface area contributed by atoms with E-state index in [1.54, 1.807) is 0 Å². The minimum atomic E-state index is -0.0731. The molecule has 0 aliphatic heterocycles. The van der Waals surface area contributed by atoms with E-state index < -0.39 is 0 Å². The van der Waals surface area contributed by atoms with Gasteiger partial charge in [-0.25, -0.2) is 0 Å². The predicted molar refractivity (Wildman–Crippen MR) is 65.0 cm³/mol. The molecule has 0 amide bonds. The molecule has 0 fully saturated rings. The van der Waals surface area contributed by atoms with E-state index in [9.17, 15) is 0 Å². The summed E-state index contributed by atoms with van der Waals surface area (Å²) in [5.41, 5.74) is 4.32. The number of aryl methyl sites for hydroxylation is 2. The zero-order valence-electron chi connectivity index (χ0n) is 9.79. The van der Waals surface area contributed by atoms with Gasteiger partial charge in [-0.3, -0.25) is 5.32 Å². The van der Waals surface area contributed by atoms with E-state index >= 15 is 0 Å². The third kappa shape index (κ3) is 2.62. The summed E-state index contributed by atoms with van der Waals surface area (Å²) in [5.74, 6) is 0. The molecule has 84 valence electrons. The highest BCUT2D eigenvalue weighted by atomic mass is 14.9. The highest BCUT2D eigenvalue weighted by molar-refractivity contribution is 5.33. The van der Waals surface area contributed by atoms with Crippen molar-refractivity contribution in [2.24, 2.45) is 0 Å². The molecular weight excluding hydrogens is 196 g/mol. The van der Waals surface area contributed by atoms with Crippen LogP contribution in [0.3, 0.4) is 0 Å². The fourth-order valence-corrected chi connectivity index (χ4v) is 2.21. The molecule has 1 aromatic carbocycles. The lowest BCUT2D eigenvalue weighted by Gasteiger charge is -2.17. The van der Waals surface area contributed by atoms with Crippen LogP contribution in [0.5, 0.6) is 0 Å². The van der Waals surface area contributed by atoms with Crippen LogP contribution in [0.1, 0.15) is 36.5 Å². The first-order valence-electron chi connectivity index (χ1n) is 6.03. The second-order valence-corrected chi connectivity index (χ2v) is 4.54. The number of fused-ring (bicyclic) bond motifs is 1. The summed E-state index contributed by atoms with van der Waals surface area (Å²) in [6, 6.07) is 8.84. The normalized spacial score (nSPS) is 16.2. The summed E-state index contributed by atoms with van der Waals surface area (Å²) in [6.07, 6.45) is 5.10. The minimum Gasteiger partial charge on any atom is -0.298 e. The predicted octanol–water partition coefficient (Wildman–Crippen LogP) is 2.57. The first-order valence-corrected chi connectivity index (χ1v) is 6.03. The molecule has 2 rings (SSSR count). The summed E-state index contributed by atoms with van der Waals surface area (Å²) in [7, 11) is 0. The molecule has 1 atom stereocenters. The standard InChI is InChI=1S/C14H18N2/c1-11(9-15)16-10-12-6-7-13-4-2-3-5-14(13)8-12/h6-8,11,16H,2-5,10H2,1H3. The molecule has 0 saturated carbocycles. The van der Waals surface area contributed by atoms with Gasteiger partial charge in [0.15, 0.2) is 0 Å². The number of nitrogens with one attached hydrogen (secondary N) is 1. The van der Waals surface area contributed by atoms with Crippen LogP contribution in [0, 0.1) is 11.3 Å². The van der Waals surface area contributed by atoms with Crippen molar-refractivity contribution in [2.75, 3.05) is 0 Å². The van der Waals surface area contributed by atoms with Crippen molar-refractivity contribution in [1.29, 1.82) is 5.26 Å². The monoisotopic (exact) mass is 214 g/mol. The molecule has 0 aromatic heterocycles. The molecular formula is C14H18N2. The molecule has 1 aliphatic carbocycles. The van der Waals surface area contributed by atoms with Crippen molar-refractivity contribution in [3.8, 4) is 6.07 Å². The van der Waals surface area contributed by atoms with Crippen molar-refractivity contribution >= 4 is 0 Å². The van der Waals surface area contributed by atoms with Gasteiger partial charge in [0.25, 0.3) is 0 Å². The Kier molecular flexibility index (Phi) is 3.58. The summed E-state index contributed by atoms with van der Waals surface area (Å²) in [4.78, 5) is 0. The van der Waals surface area contributed by atoms with Crippen molar-refractivity contribution in [3.63, 3.8) is 0 Å². The van der Waals surface area contributed by atoms with Gasteiger partial charge in [-0.05, 0) is 49.3 Å². The molecule has 1 N–H and O–H groups in total. The molecule has 2 heteroatoms. The van der Waals surface area contributed by atoms with Crippen LogP contribution in [-0.2, 0) is 19.4 Å². The Hall–Kier alpha value is -1.33. The molecule has 2 nitrogen and oxygen atoms in total. The lowest BCUT2D eigenvalue weighted by Crippen LogP contribution is -2.23. The summed E-state index contributed by atoms with van der Waals surface area (Å²) >= 11 is 0. The van der Waals surface area contributed by atoms with E-state index in [-0.39, 0.29) is 6.04 Å². The number of nitriles is 1. The Morgan fingerprint density at radius 3 is 2.81 bits per heavy atom. The maximum atomic E-state index is 8.69. The van der Waals surface area contributed by atoms with Crippen LogP contribution >= 0.6 is 0 Å². The van der Waals surface area contributed by atoms with Gasteiger partial charge in [0.2, 0.25) is 0 Å². The van der Waals surface area contributed by atoms with E-state index in [2.05, 4.69) is 29.6 Å². The number of benzene rings is 1. The fraction of sp³-hybridized carbons (Fsp3) is 0.500. The fourth-order valence-electron chi connectivity index (χ4n) is 2.21. The SMILES string of the molecule is CC(C#N)NCc1ccc2c(c1)CCCC2. The van der Waals surface area contributed by atoms with E-state index in [0.29, 0.717) is 0 Å². The number of hydrogen-bond donors (Lipinski definition) is 1. The Labute approximate surface area is 97.3 Å². The van der Waals surface area contributed by atoms with Crippen LogP contribution in [0.25, 0.3) is 0 Å². The average molecular weight is 214 g/mol. The van der Waals surface area contributed by atoms with Gasteiger partial charge in [-0.15, -0.1) is 0 Å². The van der Waals surface area contributed by atoms with Gasteiger partial charge < -0.3 is 0 Å². The Morgan fingerprint density at radius 2 is 2.06 bits per heavy atom. The quantitative estimate of drug-likeness (QED) is 0.839. The van der Waals surface area contributed by atoms with Crippen molar-refractivity contribution in [2.45, 2.75) is 45.2 Å². The van der Waals surface area contributed by atoms with E-state index in [4.69, 9.17) is 5.26 Å². The second kappa shape index (κ2) is 5.14. The Bertz CT molecular complexity index is 404. The second-order valence-electron chi connectivity index (χ2n) is 4.54. The van der Waals surface area contributed by atoms with Crippen molar-refractivity contribution < 1.29 is 0 Å². The zero-order chi connectivity index (χ0) is 11.4. The molecule has 0 heterocycles. The van der Waals surface area contributed by atoms with Crippen LogP contribution in [-0.4, -0.2) is 6.04 Å². The molecule has 1 aliphatic rings. The lowest BCUT2D eigenvalue weighted by atomic mass is 9.90. The number of rotatable bonds is 3. The van der Waals surface area contributed by atoms with E-state index in [1.165, 1.54) is 42.4 Å². The van der Waals surface area contributed by atoms with E-state index in [1.807, 2.05) is 6.92 Å². The molecule has 0 radical (unpaired) electrons. The maximum absolute atomic E-state index is 8.69. The average Bonchev–Trinajstić information content (AvgIpc) is 2.35. The molecule has 0 saturated heterocycles. The third-order valence-electron chi connectivity index (χ3n) is 3.22.